The van der Waals surface area contributed by atoms with Crippen molar-refractivity contribution in [3.63, 3.8) is 0 Å². The molecule has 0 aliphatic heterocycles. The molecule has 0 spiro atoms. The van der Waals surface area contributed by atoms with Crippen molar-refractivity contribution < 1.29 is 19.1 Å². The van der Waals surface area contributed by atoms with Gasteiger partial charge in [0.25, 0.3) is 0 Å². The van der Waals surface area contributed by atoms with Crippen LogP contribution in [0.3, 0.4) is 0 Å². The first-order valence-corrected chi connectivity index (χ1v) is 9.54. The van der Waals surface area contributed by atoms with Crippen LogP contribution in [-0.4, -0.2) is 25.2 Å². The number of ether oxygens (including phenoxy) is 2. The number of rotatable bonds is 6. The van der Waals surface area contributed by atoms with Crippen LogP contribution in [0.25, 0.3) is 0 Å². The van der Waals surface area contributed by atoms with Crippen molar-refractivity contribution in [2.75, 3.05) is 13.2 Å². The molecule has 0 fully saturated rings. The van der Waals surface area contributed by atoms with Gasteiger partial charge >= 0.3 is 11.9 Å². The first-order chi connectivity index (χ1) is 14.1. The maximum atomic E-state index is 12.8. The lowest BCUT2D eigenvalue weighted by molar-refractivity contribution is -0.171. The summed E-state index contributed by atoms with van der Waals surface area (Å²) in [5.41, 5.74) is 0.00393. The molecular weight excluding hydrogens is 364 g/mol. The fourth-order valence-electron chi connectivity index (χ4n) is 2.61. The molecule has 0 N–H and O–H groups in total. The number of esters is 2. The van der Waals surface area contributed by atoms with Crippen molar-refractivity contribution in [3.8, 4) is 23.7 Å². The molecule has 0 saturated carbocycles. The lowest BCUT2D eigenvalue weighted by Gasteiger charge is -2.25. The van der Waals surface area contributed by atoms with Crippen molar-refractivity contribution in [2.45, 2.75) is 26.7 Å². The van der Waals surface area contributed by atoms with E-state index >= 15 is 0 Å². The predicted octanol–water partition coefficient (Wildman–Crippen LogP) is 3.98. The minimum absolute atomic E-state index is 0.0387. The second-order valence-corrected chi connectivity index (χ2v) is 6.21. The fourth-order valence-corrected chi connectivity index (χ4v) is 2.61. The van der Waals surface area contributed by atoms with E-state index in [1.54, 1.807) is 13.8 Å². The van der Waals surface area contributed by atoms with Crippen LogP contribution >= 0.6 is 0 Å². The average molecular weight is 388 g/mol. The maximum Gasteiger partial charge on any atom is 0.325 e. The minimum Gasteiger partial charge on any atom is -0.465 e. The number of carbonyl (C=O) groups excluding carboxylic acids is 2. The Balaban J connectivity index is 2.37. The monoisotopic (exact) mass is 388 g/mol. The van der Waals surface area contributed by atoms with Gasteiger partial charge in [0.05, 0.1) is 13.2 Å². The van der Waals surface area contributed by atoms with Crippen LogP contribution in [-0.2, 0) is 19.1 Å². The van der Waals surface area contributed by atoms with Crippen molar-refractivity contribution in [1.82, 2.24) is 0 Å². The molecule has 0 aliphatic carbocycles. The highest BCUT2D eigenvalue weighted by Gasteiger charge is 2.48. The highest BCUT2D eigenvalue weighted by molar-refractivity contribution is 6.00. The van der Waals surface area contributed by atoms with Gasteiger partial charge in [-0.05, 0) is 38.1 Å². The van der Waals surface area contributed by atoms with Gasteiger partial charge in [-0.2, -0.15) is 0 Å². The molecule has 0 amide bonds. The van der Waals surface area contributed by atoms with Gasteiger partial charge in [0.2, 0.25) is 0 Å². The van der Waals surface area contributed by atoms with E-state index in [0.717, 1.165) is 11.1 Å². The van der Waals surface area contributed by atoms with E-state index in [-0.39, 0.29) is 26.1 Å². The molecule has 0 radical (unpaired) electrons. The highest BCUT2D eigenvalue weighted by Crippen LogP contribution is 2.30. The third-order valence-electron chi connectivity index (χ3n) is 4.13. The van der Waals surface area contributed by atoms with E-state index in [1.165, 1.54) is 0 Å². The van der Waals surface area contributed by atoms with Crippen molar-refractivity contribution in [3.05, 3.63) is 71.8 Å². The molecule has 4 heteroatoms. The zero-order chi connectivity index (χ0) is 21.0. The maximum absolute atomic E-state index is 12.8. The summed E-state index contributed by atoms with van der Waals surface area (Å²) in [6, 6.07) is 18.7. The zero-order valence-electron chi connectivity index (χ0n) is 16.7. The Morgan fingerprint density at radius 3 is 1.45 bits per heavy atom. The van der Waals surface area contributed by atoms with Gasteiger partial charge in [0, 0.05) is 24.0 Å². The van der Waals surface area contributed by atoms with E-state index in [0.29, 0.717) is 0 Å². The number of carbonyl (C=O) groups is 2. The molecule has 148 valence electrons. The number of hydrogen-bond donors (Lipinski definition) is 0. The van der Waals surface area contributed by atoms with E-state index < -0.39 is 17.4 Å². The Kier molecular flexibility index (Phi) is 8.54. The van der Waals surface area contributed by atoms with Gasteiger partial charge in [0.15, 0.2) is 5.41 Å². The average Bonchev–Trinajstić information content (AvgIpc) is 2.74. The van der Waals surface area contributed by atoms with Crippen LogP contribution in [0.1, 0.15) is 37.8 Å². The van der Waals surface area contributed by atoms with E-state index in [4.69, 9.17) is 9.47 Å². The van der Waals surface area contributed by atoms with Gasteiger partial charge in [-0.1, -0.05) is 60.1 Å². The minimum atomic E-state index is -1.59. The molecule has 2 aromatic rings. The van der Waals surface area contributed by atoms with E-state index in [9.17, 15) is 9.59 Å². The van der Waals surface area contributed by atoms with E-state index in [2.05, 4.69) is 23.7 Å². The molecule has 0 atom stereocenters. The summed E-state index contributed by atoms with van der Waals surface area (Å²) in [5.74, 6) is 10.5. The standard InChI is InChI=1S/C25H24O4/c1-3-28-23(26)25(24(27)29-4-2,19-11-17-21-13-7-5-8-14-21)20-12-18-22-15-9-6-10-16-22/h5-10,13-16H,3-4,19-20H2,1-2H3. The smallest absolute Gasteiger partial charge is 0.325 e. The predicted molar refractivity (Wildman–Crippen MR) is 112 cm³/mol. The summed E-state index contributed by atoms with van der Waals surface area (Å²) in [5, 5.41) is 0. The molecule has 0 aliphatic rings. The lowest BCUT2D eigenvalue weighted by atomic mass is 9.81. The molecule has 2 rings (SSSR count). The van der Waals surface area contributed by atoms with Gasteiger partial charge in [-0.25, -0.2) is 0 Å². The molecule has 0 heterocycles. The van der Waals surface area contributed by atoms with Crippen molar-refractivity contribution >= 4 is 11.9 Å². The van der Waals surface area contributed by atoms with Crippen LogP contribution in [0.5, 0.6) is 0 Å². The SMILES string of the molecule is CCOC(=O)C(CC#Cc1ccccc1)(CC#Cc1ccccc1)C(=O)OCC. The molecule has 0 bridgehead atoms. The van der Waals surface area contributed by atoms with Crippen LogP contribution in [0.2, 0.25) is 0 Å². The van der Waals surface area contributed by atoms with Crippen molar-refractivity contribution in [2.24, 2.45) is 5.41 Å². The van der Waals surface area contributed by atoms with Gasteiger partial charge < -0.3 is 9.47 Å². The Morgan fingerprint density at radius 2 is 1.10 bits per heavy atom. The Morgan fingerprint density at radius 1 is 0.724 bits per heavy atom. The lowest BCUT2D eigenvalue weighted by Crippen LogP contribution is -2.41. The molecular formula is C25H24O4. The molecule has 29 heavy (non-hydrogen) atoms. The summed E-state index contributed by atoms with van der Waals surface area (Å²) in [4.78, 5) is 25.6. The van der Waals surface area contributed by atoms with E-state index in [1.807, 2.05) is 60.7 Å². The Hall–Kier alpha value is -3.50. The normalized spacial score (nSPS) is 10.0. The van der Waals surface area contributed by atoms with Crippen molar-refractivity contribution in [1.29, 1.82) is 0 Å². The summed E-state index contributed by atoms with van der Waals surface area (Å²) >= 11 is 0. The molecule has 4 nitrogen and oxygen atoms in total. The van der Waals surface area contributed by atoms with Gasteiger partial charge in [0.1, 0.15) is 0 Å². The first-order valence-electron chi connectivity index (χ1n) is 9.54. The summed E-state index contributed by atoms with van der Waals surface area (Å²) in [6.07, 6.45) is -0.0773. The number of hydrogen-bond acceptors (Lipinski definition) is 4. The van der Waals surface area contributed by atoms with Crippen LogP contribution in [0, 0.1) is 29.1 Å². The third kappa shape index (κ3) is 6.26. The second-order valence-electron chi connectivity index (χ2n) is 6.21. The van der Waals surface area contributed by atoms with Crippen LogP contribution in [0.4, 0.5) is 0 Å². The van der Waals surface area contributed by atoms with Gasteiger partial charge in [-0.15, -0.1) is 0 Å². The summed E-state index contributed by atoms with van der Waals surface area (Å²) in [6.45, 7) is 3.69. The highest BCUT2D eigenvalue weighted by atomic mass is 16.6. The number of benzene rings is 2. The zero-order valence-corrected chi connectivity index (χ0v) is 16.7. The fraction of sp³-hybridized carbons (Fsp3) is 0.280. The van der Waals surface area contributed by atoms with Crippen LogP contribution < -0.4 is 0 Å². The third-order valence-corrected chi connectivity index (χ3v) is 4.13. The Labute approximate surface area is 172 Å². The van der Waals surface area contributed by atoms with Gasteiger partial charge in [-0.3, -0.25) is 9.59 Å². The topological polar surface area (TPSA) is 52.6 Å². The molecule has 0 saturated heterocycles. The molecule has 2 aromatic carbocycles. The van der Waals surface area contributed by atoms with Crippen LogP contribution in [0.15, 0.2) is 60.7 Å². The quantitative estimate of drug-likeness (QED) is 0.427. The summed E-state index contributed by atoms with van der Waals surface area (Å²) < 4.78 is 10.4. The first kappa shape index (κ1) is 21.8. The Bertz CT molecular complexity index is 845. The molecule has 0 unspecified atom stereocenters. The second kappa shape index (κ2) is 11.4. The largest absolute Gasteiger partial charge is 0.465 e. The summed E-state index contributed by atoms with van der Waals surface area (Å²) in [7, 11) is 0. The molecule has 0 aromatic heterocycles.